The number of hydrogen-bond acceptors (Lipinski definition) is 3. The van der Waals surface area contributed by atoms with Gasteiger partial charge in [0.15, 0.2) is 0 Å². The highest BCUT2D eigenvalue weighted by Crippen LogP contribution is 2.22. The zero-order valence-corrected chi connectivity index (χ0v) is 13.8. The molecule has 0 radical (unpaired) electrons. The van der Waals surface area contributed by atoms with Crippen molar-refractivity contribution in [2.24, 2.45) is 0 Å². The number of nitrogens with one attached hydrogen (secondary N) is 1. The minimum Gasteiger partial charge on any atom is -0.372 e. The SMILES string of the molecule is CCN(CC)c1ccc(NC(=O)CCCSC)c(C)c1. The van der Waals surface area contributed by atoms with Gasteiger partial charge in [-0.05, 0) is 63.0 Å². The van der Waals surface area contributed by atoms with Gasteiger partial charge in [-0.3, -0.25) is 4.79 Å². The van der Waals surface area contributed by atoms with Crippen molar-refractivity contribution >= 4 is 29.0 Å². The van der Waals surface area contributed by atoms with Crippen LogP contribution in [0.1, 0.15) is 32.3 Å². The molecule has 0 saturated heterocycles. The summed E-state index contributed by atoms with van der Waals surface area (Å²) >= 11 is 1.78. The third-order valence-electron chi connectivity index (χ3n) is 3.36. The molecule has 3 nitrogen and oxygen atoms in total. The van der Waals surface area contributed by atoms with Gasteiger partial charge >= 0.3 is 0 Å². The zero-order valence-electron chi connectivity index (χ0n) is 13.0. The Bertz CT molecular complexity index is 430. The van der Waals surface area contributed by atoms with Gasteiger partial charge in [-0.1, -0.05) is 0 Å². The maximum atomic E-state index is 11.8. The van der Waals surface area contributed by atoms with Crippen molar-refractivity contribution in [3.8, 4) is 0 Å². The van der Waals surface area contributed by atoms with Gasteiger partial charge in [-0.25, -0.2) is 0 Å². The van der Waals surface area contributed by atoms with E-state index in [2.05, 4.69) is 42.5 Å². The Kier molecular flexibility index (Phi) is 7.52. The zero-order chi connectivity index (χ0) is 15.0. The van der Waals surface area contributed by atoms with E-state index < -0.39 is 0 Å². The summed E-state index contributed by atoms with van der Waals surface area (Å²) in [4.78, 5) is 14.1. The van der Waals surface area contributed by atoms with Crippen LogP contribution in [0.3, 0.4) is 0 Å². The van der Waals surface area contributed by atoms with Crippen molar-refractivity contribution in [3.63, 3.8) is 0 Å². The largest absolute Gasteiger partial charge is 0.372 e. The van der Waals surface area contributed by atoms with Crippen LogP contribution in [0.4, 0.5) is 11.4 Å². The molecule has 1 aromatic carbocycles. The Morgan fingerprint density at radius 3 is 2.55 bits per heavy atom. The molecule has 0 aliphatic rings. The van der Waals surface area contributed by atoms with E-state index in [0.717, 1.165) is 36.5 Å². The number of amides is 1. The summed E-state index contributed by atoms with van der Waals surface area (Å²) < 4.78 is 0. The van der Waals surface area contributed by atoms with Gasteiger partial charge in [-0.15, -0.1) is 0 Å². The van der Waals surface area contributed by atoms with Crippen LogP contribution in [0.25, 0.3) is 0 Å². The monoisotopic (exact) mass is 294 g/mol. The number of hydrogen-bond donors (Lipinski definition) is 1. The fourth-order valence-corrected chi connectivity index (χ4v) is 2.60. The first kappa shape index (κ1) is 16.9. The molecule has 0 heterocycles. The molecule has 20 heavy (non-hydrogen) atoms. The van der Waals surface area contributed by atoms with Crippen molar-refractivity contribution in [2.45, 2.75) is 33.6 Å². The van der Waals surface area contributed by atoms with Crippen LogP contribution in [0.5, 0.6) is 0 Å². The summed E-state index contributed by atoms with van der Waals surface area (Å²) in [5, 5.41) is 3.00. The molecular formula is C16H26N2OS. The molecule has 0 aliphatic heterocycles. The average Bonchev–Trinajstić information content (AvgIpc) is 2.43. The van der Waals surface area contributed by atoms with Crippen molar-refractivity contribution < 1.29 is 4.79 Å². The van der Waals surface area contributed by atoms with Crippen LogP contribution in [0, 0.1) is 6.92 Å². The van der Waals surface area contributed by atoms with Gasteiger partial charge < -0.3 is 10.2 Å². The summed E-state index contributed by atoms with van der Waals surface area (Å²) in [5.74, 6) is 1.14. The molecule has 4 heteroatoms. The van der Waals surface area contributed by atoms with E-state index in [1.165, 1.54) is 5.69 Å². The molecule has 1 aromatic rings. The number of thioether (sulfide) groups is 1. The quantitative estimate of drug-likeness (QED) is 0.737. The van der Waals surface area contributed by atoms with Crippen LogP contribution in [0.15, 0.2) is 18.2 Å². The maximum Gasteiger partial charge on any atom is 0.224 e. The molecular weight excluding hydrogens is 268 g/mol. The molecule has 112 valence electrons. The molecule has 1 amide bonds. The number of anilines is 2. The van der Waals surface area contributed by atoms with E-state index in [1.807, 2.05) is 13.0 Å². The van der Waals surface area contributed by atoms with E-state index >= 15 is 0 Å². The second-order valence-electron chi connectivity index (χ2n) is 4.82. The predicted molar refractivity (Wildman–Crippen MR) is 91.0 cm³/mol. The van der Waals surface area contributed by atoms with Crippen LogP contribution >= 0.6 is 11.8 Å². The second kappa shape index (κ2) is 8.90. The van der Waals surface area contributed by atoms with Gasteiger partial charge in [0, 0.05) is 30.9 Å². The van der Waals surface area contributed by atoms with Gasteiger partial charge in [0.25, 0.3) is 0 Å². The third-order valence-corrected chi connectivity index (χ3v) is 4.06. The highest BCUT2D eigenvalue weighted by atomic mass is 32.2. The number of aryl methyl sites for hydroxylation is 1. The first-order valence-electron chi connectivity index (χ1n) is 7.26. The standard InChI is InChI=1S/C16H26N2OS/c1-5-18(6-2)14-9-10-15(13(3)12-14)17-16(19)8-7-11-20-4/h9-10,12H,5-8,11H2,1-4H3,(H,17,19). The average molecular weight is 294 g/mol. The highest BCUT2D eigenvalue weighted by molar-refractivity contribution is 7.98. The van der Waals surface area contributed by atoms with Crippen molar-refractivity contribution in [1.29, 1.82) is 0 Å². The maximum absolute atomic E-state index is 11.8. The molecule has 1 rings (SSSR count). The first-order valence-corrected chi connectivity index (χ1v) is 8.66. The number of rotatable bonds is 8. The summed E-state index contributed by atoms with van der Waals surface area (Å²) in [6.45, 7) is 8.34. The van der Waals surface area contributed by atoms with Crippen LogP contribution in [-0.2, 0) is 4.79 Å². The van der Waals surface area contributed by atoms with Crippen LogP contribution < -0.4 is 10.2 Å². The highest BCUT2D eigenvalue weighted by Gasteiger charge is 2.07. The summed E-state index contributed by atoms with van der Waals surface area (Å²) in [5.41, 5.74) is 3.26. The van der Waals surface area contributed by atoms with E-state index in [4.69, 9.17) is 0 Å². The first-order chi connectivity index (χ1) is 9.62. The van der Waals surface area contributed by atoms with E-state index in [-0.39, 0.29) is 5.91 Å². The van der Waals surface area contributed by atoms with E-state index in [0.29, 0.717) is 6.42 Å². The third kappa shape index (κ3) is 5.08. The lowest BCUT2D eigenvalue weighted by molar-refractivity contribution is -0.116. The fourth-order valence-electron chi connectivity index (χ4n) is 2.16. The van der Waals surface area contributed by atoms with E-state index in [9.17, 15) is 4.79 Å². The van der Waals surface area contributed by atoms with Crippen molar-refractivity contribution in [3.05, 3.63) is 23.8 Å². The lowest BCUT2D eigenvalue weighted by Gasteiger charge is -2.22. The predicted octanol–water partition coefficient (Wildman–Crippen LogP) is 3.92. The van der Waals surface area contributed by atoms with Crippen LogP contribution in [-0.4, -0.2) is 31.0 Å². The molecule has 0 atom stereocenters. The second-order valence-corrected chi connectivity index (χ2v) is 5.80. The summed E-state index contributed by atoms with van der Waals surface area (Å²) in [7, 11) is 0. The number of nitrogens with zero attached hydrogens (tertiary/aromatic N) is 1. The van der Waals surface area contributed by atoms with E-state index in [1.54, 1.807) is 11.8 Å². The van der Waals surface area contributed by atoms with Crippen LogP contribution in [0.2, 0.25) is 0 Å². The smallest absolute Gasteiger partial charge is 0.224 e. The van der Waals surface area contributed by atoms with Crippen molar-refractivity contribution in [1.82, 2.24) is 0 Å². The molecule has 0 fully saturated rings. The number of benzene rings is 1. The topological polar surface area (TPSA) is 32.3 Å². The van der Waals surface area contributed by atoms with Gasteiger partial charge in [0.05, 0.1) is 0 Å². The summed E-state index contributed by atoms with van der Waals surface area (Å²) in [6.07, 6.45) is 3.59. The van der Waals surface area contributed by atoms with Gasteiger partial charge in [0.1, 0.15) is 0 Å². The number of carbonyl (C=O) groups is 1. The Morgan fingerprint density at radius 1 is 1.30 bits per heavy atom. The molecule has 0 aliphatic carbocycles. The Balaban J connectivity index is 2.66. The van der Waals surface area contributed by atoms with Crippen molar-refractivity contribution in [2.75, 3.05) is 35.3 Å². The minimum absolute atomic E-state index is 0.109. The molecule has 0 saturated carbocycles. The Labute approximate surface area is 127 Å². The lowest BCUT2D eigenvalue weighted by Crippen LogP contribution is -2.22. The molecule has 0 bridgehead atoms. The molecule has 0 aromatic heterocycles. The van der Waals surface area contributed by atoms with Gasteiger partial charge in [-0.2, -0.15) is 11.8 Å². The molecule has 1 N–H and O–H groups in total. The summed E-state index contributed by atoms with van der Waals surface area (Å²) in [6, 6.07) is 6.23. The normalized spacial score (nSPS) is 10.4. The minimum atomic E-state index is 0.109. The number of carbonyl (C=O) groups excluding carboxylic acids is 1. The Morgan fingerprint density at radius 2 is 2.00 bits per heavy atom. The molecule has 0 unspecified atom stereocenters. The van der Waals surface area contributed by atoms with Gasteiger partial charge in [0.2, 0.25) is 5.91 Å². The lowest BCUT2D eigenvalue weighted by atomic mass is 10.1. The fraction of sp³-hybridized carbons (Fsp3) is 0.562. The molecule has 0 spiro atoms. The Hall–Kier alpha value is -1.16.